The van der Waals surface area contributed by atoms with Gasteiger partial charge in [-0.25, -0.2) is 15.0 Å². The van der Waals surface area contributed by atoms with Crippen molar-refractivity contribution in [1.29, 1.82) is 0 Å². The lowest BCUT2D eigenvalue weighted by molar-refractivity contribution is 1.04. The third-order valence-electron chi connectivity index (χ3n) is 11.5. The molecular formula is C57H45N3. The zero-order valence-corrected chi connectivity index (χ0v) is 33.6. The molecule has 3 aliphatic carbocycles. The molecule has 0 saturated heterocycles. The summed E-state index contributed by atoms with van der Waals surface area (Å²) in [4.78, 5) is 15.8. The molecule has 0 bridgehead atoms. The molecule has 0 atom stereocenters. The Morgan fingerprint density at radius 1 is 0.250 bits per heavy atom. The van der Waals surface area contributed by atoms with Gasteiger partial charge in [-0.2, -0.15) is 0 Å². The Bertz CT molecular complexity index is 2560. The molecule has 0 amide bonds. The molecule has 0 unspecified atom stereocenters. The fraction of sp³-hybridized carbons (Fsp3) is 0.105. The average Bonchev–Trinajstić information content (AvgIpc) is 3.35. The minimum Gasteiger partial charge on any atom is -0.248 e. The fourth-order valence-corrected chi connectivity index (χ4v) is 8.34. The Morgan fingerprint density at radius 3 is 0.783 bits per heavy atom. The number of hydrogen-bond donors (Lipinski definition) is 0. The fourth-order valence-electron chi connectivity index (χ4n) is 8.34. The molecule has 60 heavy (non-hydrogen) atoms. The number of allylic oxidation sites excluding steroid dienone is 12. The summed E-state index contributed by atoms with van der Waals surface area (Å²) < 4.78 is 0. The van der Waals surface area contributed by atoms with Crippen molar-refractivity contribution in [3.63, 3.8) is 0 Å². The first kappa shape index (κ1) is 37.1. The van der Waals surface area contributed by atoms with Crippen LogP contribution in [0.5, 0.6) is 0 Å². The molecule has 0 aliphatic heterocycles. The smallest absolute Gasteiger partial charge is 0.0715 e. The highest BCUT2D eigenvalue weighted by atomic mass is 14.7. The first-order chi connectivity index (χ1) is 29.7. The van der Waals surface area contributed by atoms with Crippen LogP contribution in [0, 0.1) is 0 Å². The van der Waals surface area contributed by atoms with Crippen LogP contribution in [0.1, 0.15) is 55.6 Å². The number of nitrogens with zero attached hydrogens (tertiary/aromatic N) is 3. The van der Waals surface area contributed by atoms with Crippen LogP contribution in [-0.2, 0) is 0 Å². The Balaban J connectivity index is 1.23. The van der Waals surface area contributed by atoms with E-state index in [1.54, 1.807) is 0 Å². The van der Waals surface area contributed by atoms with E-state index in [1.165, 1.54) is 0 Å². The van der Waals surface area contributed by atoms with Crippen molar-refractivity contribution < 1.29 is 0 Å². The molecule has 0 N–H and O–H groups in total. The molecule has 4 aromatic carbocycles. The maximum Gasteiger partial charge on any atom is 0.0715 e. The molecule has 3 aromatic heterocycles. The summed E-state index contributed by atoms with van der Waals surface area (Å²) in [6.07, 6.45) is 26.6. The van der Waals surface area contributed by atoms with Gasteiger partial charge in [0.25, 0.3) is 0 Å². The van der Waals surface area contributed by atoms with E-state index in [0.29, 0.717) is 0 Å². The second kappa shape index (κ2) is 16.9. The largest absolute Gasteiger partial charge is 0.248 e. The van der Waals surface area contributed by atoms with Crippen molar-refractivity contribution in [3.05, 3.63) is 217 Å². The van der Waals surface area contributed by atoms with Gasteiger partial charge >= 0.3 is 0 Å². The molecule has 3 aliphatic rings. The van der Waals surface area contributed by atoms with Gasteiger partial charge in [-0.05, 0) is 143 Å². The first-order valence-electron chi connectivity index (χ1n) is 21.2. The van der Waals surface area contributed by atoms with Crippen LogP contribution in [0.3, 0.4) is 0 Å². The summed E-state index contributed by atoms with van der Waals surface area (Å²) in [6.45, 7) is 0. The molecule has 288 valence electrons. The van der Waals surface area contributed by atoms with E-state index in [9.17, 15) is 0 Å². The molecule has 10 rings (SSSR count). The van der Waals surface area contributed by atoms with E-state index >= 15 is 0 Å². The lowest BCUT2D eigenvalue weighted by Crippen LogP contribution is -1.98. The van der Waals surface area contributed by atoms with Gasteiger partial charge in [0.1, 0.15) is 0 Å². The van der Waals surface area contributed by atoms with E-state index in [1.807, 2.05) is 0 Å². The predicted octanol–water partition coefficient (Wildman–Crippen LogP) is 15.1. The normalized spacial score (nSPS) is 14.7. The standard InChI is InChI=1S/C57H45N3/c1-7-19-40(20-8-1)52-34-49(35-53(58-52)41-21-9-2-10-22-41)46-31-47(50-36-54(42-23-11-3-12-24-42)59-55(37-50)43-25-13-4-14-26-43)33-48(32-46)51-38-56(44-27-15-5-16-28-44)60-57(39-51)45-29-17-6-18-30-45/h1,3,5,7-9,11-13,15-17,19-39H,2,4,6,10,14,18H2. The summed E-state index contributed by atoms with van der Waals surface area (Å²) in [5.41, 5.74) is 19.3. The predicted molar refractivity (Wildman–Crippen MR) is 251 cm³/mol. The third kappa shape index (κ3) is 8.08. The first-order valence-corrected chi connectivity index (χ1v) is 21.2. The Labute approximate surface area is 353 Å². The highest BCUT2D eigenvalue weighted by Crippen LogP contribution is 2.39. The Hall–Kier alpha value is -7.23. The van der Waals surface area contributed by atoms with Crippen LogP contribution in [0.2, 0.25) is 0 Å². The van der Waals surface area contributed by atoms with Gasteiger partial charge in [-0.3, -0.25) is 0 Å². The summed E-state index contributed by atoms with van der Waals surface area (Å²) in [5, 5.41) is 0. The molecule has 3 heteroatoms. The molecule has 0 radical (unpaired) electrons. The maximum atomic E-state index is 5.27. The van der Waals surface area contributed by atoms with Gasteiger partial charge in [0.05, 0.1) is 34.2 Å². The van der Waals surface area contributed by atoms with Gasteiger partial charge in [0, 0.05) is 16.7 Å². The molecule has 3 nitrogen and oxygen atoms in total. The van der Waals surface area contributed by atoms with Gasteiger partial charge in [0.15, 0.2) is 0 Å². The lowest BCUT2D eigenvalue weighted by atomic mass is 9.90. The van der Waals surface area contributed by atoms with E-state index in [2.05, 4.69) is 200 Å². The van der Waals surface area contributed by atoms with Crippen LogP contribution in [0.4, 0.5) is 0 Å². The van der Waals surface area contributed by atoms with Crippen molar-refractivity contribution in [1.82, 2.24) is 15.0 Å². The minimum atomic E-state index is 0.956. The van der Waals surface area contributed by atoms with E-state index < -0.39 is 0 Å². The lowest BCUT2D eigenvalue weighted by Gasteiger charge is -2.17. The van der Waals surface area contributed by atoms with E-state index in [-0.39, 0.29) is 0 Å². The topological polar surface area (TPSA) is 38.7 Å². The zero-order valence-electron chi connectivity index (χ0n) is 33.6. The molecule has 0 fully saturated rings. The summed E-state index contributed by atoms with van der Waals surface area (Å²) in [7, 11) is 0. The van der Waals surface area contributed by atoms with Crippen molar-refractivity contribution in [3.8, 4) is 67.2 Å². The monoisotopic (exact) mass is 771 g/mol. The van der Waals surface area contributed by atoms with Crippen LogP contribution in [0.15, 0.2) is 200 Å². The second-order valence-electron chi connectivity index (χ2n) is 15.7. The van der Waals surface area contributed by atoms with Gasteiger partial charge in [-0.15, -0.1) is 0 Å². The van der Waals surface area contributed by atoms with Crippen molar-refractivity contribution in [2.75, 3.05) is 0 Å². The highest BCUT2D eigenvalue weighted by molar-refractivity contribution is 5.88. The van der Waals surface area contributed by atoms with Gasteiger partial charge in [-0.1, -0.05) is 146 Å². The quantitative estimate of drug-likeness (QED) is 0.147. The highest BCUT2D eigenvalue weighted by Gasteiger charge is 2.17. The van der Waals surface area contributed by atoms with Crippen LogP contribution in [0.25, 0.3) is 83.9 Å². The maximum absolute atomic E-state index is 5.27. The summed E-state index contributed by atoms with van der Waals surface area (Å²) in [6, 6.07) is 52.3. The number of hydrogen-bond acceptors (Lipinski definition) is 3. The second-order valence-corrected chi connectivity index (χ2v) is 15.7. The summed E-state index contributed by atoms with van der Waals surface area (Å²) in [5.74, 6) is 0. The number of benzene rings is 4. The van der Waals surface area contributed by atoms with Crippen molar-refractivity contribution in [2.45, 2.75) is 38.5 Å². The number of rotatable bonds is 9. The molecule has 0 saturated carbocycles. The number of pyridine rings is 3. The number of aromatic nitrogens is 3. The molecule has 3 heterocycles. The Kier molecular flexibility index (Phi) is 10.5. The van der Waals surface area contributed by atoms with Gasteiger partial charge < -0.3 is 0 Å². The van der Waals surface area contributed by atoms with Crippen molar-refractivity contribution in [2.24, 2.45) is 0 Å². The molecular weight excluding hydrogens is 727 g/mol. The van der Waals surface area contributed by atoms with Crippen LogP contribution in [-0.4, -0.2) is 15.0 Å². The van der Waals surface area contributed by atoms with E-state index in [0.717, 1.165) is 139 Å². The third-order valence-corrected chi connectivity index (χ3v) is 11.5. The molecule has 7 aromatic rings. The van der Waals surface area contributed by atoms with Crippen molar-refractivity contribution >= 4 is 16.7 Å². The average molecular weight is 772 g/mol. The minimum absolute atomic E-state index is 0.956. The zero-order chi connectivity index (χ0) is 40.1. The SMILES string of the molecule is C1=CC(c2cc(-c3cc(-c4cc(C5=CCCC=C5)nc(-c5ccccc5)c4)cc(-c4cc(C5=CCCC=C5)nc(-c5ccccc5)c4)c3)cc(-c3ccccc3)n2)=CCC1. The Morgan fingerprint density at radius 2 is 0.517 bits per heavy atom. The van der Waals surface area contributed by atoms with Gasteiger partial charge in [0.2, 0.25) is 0 Å². The van der Waals surface area contributed by atoms with Crippen LogP contribution >= 0.6 is 0 Å². The summed E-state index contributed by atoms with van der Waals surface area (Å²) >= 11 is 0. The van der Waals surface area contributed by atoms with E-state index in [4.69, 9.17) is 15.0 Å². The van der Waals surface area contributed by atoms with Crippen LogP contribution < -0.4 is 0 Å². The molecule has 0 spiro atoms.